The van der Waals surface area contributed by atoms with Gasteiger partial charge < -0.3 is 5.73 Å². The SMILES string of the molecule is CC(N)CSCc1ccccc1Cl. The molecule has 0 aromatic heterocycles. The lowest BCUT2D eigenvalue weighted by molar-refractivity contribution is 0.847. The van der Waals surface area contributed by atoms with E-state index in [2.05, 4.69) is 6.07 Å². The maximum absolute atomic E-state index is 5.99. The van der Waals surface area contributed by atoms with Crippen LogP contribution in [0.15, 0.2) is 24.3 Å². The van der Waals surface area contributed by atoms with Crippen LogP contribution in [0.1, 0.15) is 12.5 Å². The number of hydrogen-bond donors (Lipinski definition) is 1. The summed E-state index contributed by atoms with van der Waals surface area (Å²) in [6, 6.07) is 8.18. The first-order chi connectivity index (χ1) is 6.20. The lowest BCUT2D eigenvalue weighted by Crippen LogP contribution is -2.17. The minimum atomic E-state index is 0.257. The Bertz CT molecular complexity index is 263. The molecule has 0 saturated heterocycles. The normalized spacial score (nSPS) is 12.8. The van der Waals surface area contributed by atoms with Gasteiger partial charge >= 0.3 is 0 Å². The van der Waals surface area contributed by atoms with Crippen LogP contribution >= 0.6 is 23.4 Å². The van der Waals surface area contributed by atoms with Crippen molar-refractivity contribution < 1.29 is 0 Å². The fourth-order valence-electron chi connectivity index (χ4n) is 0.970. The van der Waals surface area contributed by atoms with E-state index in [0.29, 0.717) is 0 Å². The summed E-state index contributed by atoms with van der Waals surface area (Å²) in [5, 5.41) is 0.847. The lowest BCUT2D eigenvalue weighted by atomic mass is 10.2. The average molecular weight is 216 g/mol. The molecule has 0 aliphatic heterocycles. The zero-order chi connectivity index (χ0) is 9.68. The molecule has 0 amide bonds. The van der Waals surface area contributed by atoms with E-state index in [1.165, 1.54) is 5.56 Å². The molecule has 2 N–H and O–H groups in total. The summed E-state index contributed by atoms with van der Waals surface area (Å²) < 4.78 is 0. The first-order valence-electron chi connectivity index (χ1n) is 4.27. The Morgan fingerprint density at radius 2 is 2.15 bits per heavy atom. The Labute approximate surface area is 88.7 Å². The van der Waals surface area contributed by atoms with Crippen LogP contribution < -0.4 is 5.73 Å². The number of rotatable bonds is 4. The van der Waals surface area contributed by atoms with Crippen molar-refractivity contribution in [2.75, 3.05) is 5.75 Å². The van der Waals surface area contributed by atoms with Crippen LogP contribution in [0.25, 0.3) is 0 Å². The highest BCUT2D eigenvalue weighted by Gasteiger charge is 1.99. The molecule has 0 radical (unpaired) electrons. The molecular weight excluding hydrogens is 202 g/mol. The second-order valence-corrected chi connectivity index (χ2v) is 4.52. The molecule has 1 aromatic carbocycles. The van der Waals surface area contributed by atoms with Gasteiger partial charge in [0.25, 0.3) is 0 Å². The maximum Gasteiger partial charge on any atom is 0.0446 e. The molecule has 0 bridgehead atoms. The minimum Gasteiger partial charge on any atom is -0.327 e. The second-order valence-electron chi connectivity index (χ2n) is 3.08. The van der Waals surface area contributed by atoms with Crippen LogP contribution in [0, 0.1) is 0 Å². The van der Waals surface area contributed by atoms with E-state index in [-0.39, 0.29) is 6.04 Å². The maximum atomic E-state index is 5.99. The number of thioether (sulfide) groups is 1. The van der Waals surface area contributed by atoms with Crippen LogP contribution in [-0.2, 0) is 5.75 Å². The summed E-state index contributed by atoms with van der Waals surface area (Å²) >= 11 is 7.81. The van der Waals surface area contributed by atoms with E-state index in [4.69, 9.17) is 17.3 Å². The second kappa shape index (κ2) is 5.53. The monoisotopic (exact) mass is 215 g/mol. The zero-order valence-corrected chi connectivity index (χ0v) is 9.24. The minimum absolute atomic E-state index is 0.257. The first kappa shape index (κ1) is 10.9. The number of hydrogen-bond acceptors (Lipinski definition) is 2. The molecule has 13 heavy (non-hydrogen) atoms. The molecule has 0 heterocycles. The van der Waals surface area contributed by atoms with E-state index in [1.807, 2.05) is 36.9 Å². The molecule has 1 rings (SSSR count). The molecule has 0 aliphatic carbocycles. The standard InChI is InChI=1S/C10H14ClNS/c1-8(12)6-13-7-9-4-2-3-5-10(9)11/h2-5,8H,6-7,12H2,1H3. The van der Waals surface area contributed by atoms with Crippen LogP contribution in [0.3, 0.4) is 0 Å². The van der Waals surface area contributed by atoms with Crippen molar-refractivity contribution in [1.82, 2.24) is 0 Å². The van der Waals surface area contributed by atoms with Crippen LogP contribution in [-0.4, -0.2) is 11.8 Å². The predicted molar refractivity (Wildman–Crippen MR) is 61.3 cm³/mol. The highest BCUT2D eigenvalue weighted by Crippen LogP contribution is 2.20. The lowest BCUT2D eigenvalue weighted by Gasteiger charge is -2.05. The third kappa shape index (κ3) is 4.03. The summed E-state index contributed by atoms with van der Waals surface area (Å²) in [7, 11) is 0. The van der Waals surface area contributed by atoms with Crippen molar-refractivity contribution in [1.29, 1.82) is 0 Å². The summed E-state index contributed by atoms with van der Waals surface area (Å²) in [4.78, 5) is 0. The molecular formula is C10H14ClNS. The van der Waals surface area contributed by atoms with Crippen LogP contribution in [0.5, 0.6) is 0 Å². The number of nitrogens with two attached hydrogens (primary N) is 1. The van der Waals surface area contributed by atoms with E-state index in [1.54, 1.807) is 0 Å². The van der Waals surface area contributed by atoms with Gasteiger partial charge in [0.2, 0.25) is 0 Å². The van der Waals surface area contributed by atoms with E-state index in [9.17, 15) is 0 Å². The molecule has 0 aliphatic rings. The topological polar surface area (TPSA) is 26.0 Å². The van der Waals surface area contributed by atoms with Gasteiger partial charge in [-0.25, -0.2) is 0 Å². The van der Waals surface area contributed by atoms with Crippen molar-refractivity contribution in [2.45, 2.75) is 18.7 Å². The molecule has 1 unspecified atom stereocenters. The van der Waals surface area contributed by atoms with Gasteiger partial charge in [-0.2, -0.15) is 11.8 Å². The van der Waals surface area contributed by atoms with E-state index >= 15 is 0 Å². The van der Waals surface area contributed by atoms with Gasteiger partial charge in [0.15, 0.2) is 0 Å². The van der Waals surface area contributed by atoms with Gasteiger partial charge in [0, 0.05) is 22.6 Å². The van der Waals surface area contributed by atoms with Gasteiger partial charge in [0.05, 0.1) is 0 Å². The molecule has 1 nitrogen and oxygen atoms in total. The van der Waals surface area contributed by atoms with E-state index < -0.39 is 0 Å². The highest BCUT2D eigenvalue weighted by molar-refractivity contribution is 7.98. The number of benzene rings is 1. The van der Waals surface area contributed by atoms with Crippen molar-refractivity contribution >= 4 is 23.4 Å². The largest absolute Gasteiger partial charge is 0.327 e. The van der Waals surface area contributed by atoms with Crippen molar-refractivity contribution in [3.8, 4) is 0 Å². The third-order valence-electron chi connectivity index (χ3n) is 1.60. The first-order valence-corrected chi connectivity index (χ1v) is 5.80. The molecule has 3 heteroatoms. The summed E-state index contributed by atoms with van der Waals surface area (Å²) in [5.41, 5.74) is 6.83. The molecule has 0 spiro atoms. The van der Waals surface area contributed by atoms with Crippen molar-refractivity contribution in [3.63, 3.8) is 0 Å². The van der Waals surface area contributed by atoms with Crippen molar-refractivity contribution in [2.24, 2.45) is 5.73 Å². The van der Waals surface area contributed by atoms with Gasteiger partial charge in [-0.15, -0.1) is 0 Å². The smallest absolute Gasteiger partial charge is 0.0446 e. The molecule has 0 saturated carbocycles. The Hall–Kier alpha value is -0.180. The van der Waals surface area contributed by atoms with E-state index in [0.717, 1.165) is 16.5 Å². The third-order valence-corrected chi connectivity index (χ3v) is 3.24. The number of halogens is 1. The van der Waals surface area contributed by atoms with Crippen LogP contribution in [0.4, 0.5) is 0 Å². The Balaban J connectivity index is 2.41. The average Bonchev–Trinajstić information content (AvgIpc) is 2.08. The van der Waals surface area contributed by atoms with Crippen LogP contribution in [0.2, 0.25) is 5.02 Å². The Morgan fingerprint density at radius 3 is 2.77 bits per heavy atom. The highest BCUT2D eigenvalue weighted by atomic mass is 35.5. The zero-order valence-electron chi connectivity index (χ0n) is 7.66. The van der Waals surface area contributed by atoms with Gasteiger partial charge in [-0.05, 0) is 18.6 Å². The summed E-state index contributed by atoms with van der Waals surface area (Å²) in [6.45, 7) is 2.01. The van der Waals surface area contributed by atoms with Gasteiger partial charge in [-0.3, -0.25) is 0 Å². The fraction of sp³-hybridized carbons (Fsp3) is 0.400. The Kier molecular flexibility index (Phi) is 4.64. The molecule has 1 aromatic rings. The van der Waals surface area contributed by atoms with Gasteiger partial charge in [0.1, 0.15) is 0 Å². The quantitative estimate of drug-likeness (QED) is 0.836. The molecule has 72 valence electrons. The molecule has 0 fully saturated rings. The summed E-state index contributed by atoms with van der Waals surface area (Å²) in [6.07, 6.45) is 0. The fourth-order valence-corrected chi connectivity index (χ4v) is 2.21. The summed E-state index contributed by atoms with van der Waals surface area (Å²) in [5.74, 6) is 1.92. The van der Waals surface area contributed by atoms with Crippen molar-refractivity contribution in [3.05, 3.63) is 34.9 Å². The Morgan fingerprint density at radius 1 is 1.46 bits per heavy atom. The molecule has 1 atom stereocenters. The van der Waals surface area contributed by atoms with Gasteiger partial charge in [-0.1, -0.05) is 29.8 Å². The predicted octanol–water partition coefficient (Wildman–Crippen LogP) is 2.92.